The quantitative estimate of drug-likeness (QED) is 0.711. The summed E-state index contributed by atoms with van der Waals surface area (Å²) in [5.74, 6) is 0. The van der Waals surface area contributed by atoms with Gasteiger partial charge in [0.05, 0.1) is 18.5 Å². The summed E-state index contributed by atoms with van der Waals surface area (Å²) in [7, 11) is -3.15. The Morgan fingerprint density at radius 2 is 2.31 bits per heavy atom. The average molecular weight is 206 g/mol. The number of oxime groups is 1. The van der Waals surface area contributed by atoms with Crippen LogP contribution in [0.25, 0.3) is 0 Å². The normalized spacial score (nSPS) is 28.4. The second kappa shape index (κ2) is 3.26. The molecule has 0 radical (unpaired) electrons. The van der Waals surface area contributed by atoms with Crippen LogP contribution in [0.4, 0.5) is 0 Å². The lowest BCUT2D eigenvalue weighted by Gasteiger charge is -2.20. The van der Waals surface area contributed by atoms with Crippen molar-refractivity contribution in [3.8, 4) is 0 Å². The van der Waals surface area contributed by atoms with E-state index in [0.29, 0.717) is 6.42 Å². The van der Waals surface area contributed by atoms with Crippen molar-refractivity contribution >= 4 is 15.7 Å². The molecule has 0 fully saturated rings. The van der Waals surface area contributed by atoms with Crippen molar-refractivity contribution in [1.82, 2.24) is 4.72 Å². The molecule has 0 aromatic rings. The molecule has 0 bridgehead atoms. The zero-order valence-corrected chi connectivity index (χ0v) is 8.81. The summed E-state index contributed by atoms with van der Waals surface area (Å²) in [5, 5.41) is 3.77. The zero-order chi connectivity index (χ0) is 10.1. The minimum atomic E-state index is -3.15. The van der Waals surface area contributed by atoms with E-state index < -0.39 is 15.6 Å². The Bertz CT molecular complexity index is 323. The van der Waals surface area contributed by atoms with Crippen LogP contribution in [-0.2, 0) is 14.9 Å². The predicted octanol–water partition coefficient (Wildman–Crippen LogP) is 0.0905. The minimum Gasteiger partial charge on any atom is -0.388 e. The van der Waals surface area contributed by atoms with E-state index in [4.69, 9.17) is 4.84 Å². The van der Waals surface area contributed by atoms with Gasteiger partial charge in [0.15, 0.2) is 5.60 Å². The second-order valence-corrected chi connectivity index (χ2v) is 5.47. The number of hydrogen-bond acceptors (Lipinski definition) is 4. The standard InChI is InChI=1S/C7H14N2O3S/c1-6-4-7(2,12-9-6)5-8-13(3,10)11/h8H,4-5H2,1-3H3. The van der Waals surface area contributed by atoms with Crippen LogP contribution < -0.4 is 4.72 Å². The Balaban J connectivity index is 2.47. The van der Waals surface area contributed by atoms with Gasteiger partial charge in [-0.25, -0.2) is 13.1 Å². The summed E-state index contributed by atoms with van der Waals surface area (Å²) in [4.78, 5) is 5.11. The van der Waals surface area contributed by atoms with Gasteiger partial charge in [-0.1, -0.05) is 5.16 Å². The molecule has 0 saturated heterocycles. The molecule has 0 saturated carbocycles. The van der Waals surface area contributed by atoms with Crippen LogP contribution in [0.5, 0.6) is 0 Å². The summed E-state index contributed by atoms with van der Waals surface area (Å²) < 4.78 is 24.0. The molecule has 0 spiro atoms. The van der Waals surface area contributed by atoms with Crippen molar-refractivity contribution < 1.29 is 13.3 Å². The molecule has 1 atom stereocenters. The molecule has 0 amide bonds. The van der Waals surface area contributed by atoms with Crippen LogP contribution >= 0.6 is 0 Å². The molecule has 13 heavy (non-hydrogen) atoms. The van der Waals surface area contributed by atoms with E-state index in [-0.39, 0.29) is 6.54 Å². The maximum atomic E-state index is 10.8. The molecule has 5 nitrogen and oxygen atoms in total. The van der Waals surface area contributed by atoms with Crippen LogP contribution in [0.1, 0.15) is 20.3 Å². The van der Waals surface area contributed by atoms with E-state index in [0.717, 1.165) is 12.0 Å². The minimum absolute atomic E-state index is 0.257. The van der Waals surface area contributed by atoms with E-state index in [1.165, 1.54) is 0 Å². The maximum absolute atomic E-state index is 10.8. The molecular weight excluding hydrogens is 192 g/mol. The zero-order valence-electron chi connectivity index (χ0n) is 7.99. The first-order valence-corrected chi connectivity index (χ1v) is 5.86. The molecule has 1 aliphatic heterocycles. The van der Waals surface area contributed by atoms with Gasteiger partial charge in [-0.05, 0) is 13.8 Å². The summed E-state index contributed by atoms with van der Waals surface area (Å²) in [6.07, 6.45) is 1.79. The molecular formula is C7H14N2O3S. The van der Waals surface area contributed by atoms with Gasteiger partial charge < -0.3 is 4.84 Å². The van der Waals surface area contributed by atoms with Crippen molar-refractivity contribution in [3.63, 3.8) is 0 Å². The van der Waals surface area contributed by atoms with Crippen molar-refractivity contribution in [2.75, 3.05) is 12.8 Å². The smallest absolute Gasteiger partial charge is 0.208 e. The molecule has 0 aromatic heterocycles. The Labute approximate surface area is 78.2 Å². The number of rotatable bonds is 3. The van der Waals surface area contributed by atoms with Gasteiger partial charge in [0.25, 0.3) is 0 Å². The van der Waals surface area contributed by atoms with Gasteiger partial charge in [0.1, 0.15) is 0 Å². The average Bonchev–Trinajstić information content (AvgIpc) is 2.27. The van der Waals surface area contributed by atoms with E-state index >= 15 is 0 Å². The number of nitrogens with zero attached hydrogens (tertiary/aromatic N) is 1. The number of sulfonamides is 1. The summed E-state index contributed by atoms with van der Waals surface area (Å²) >= 11 is 0. The Kier molecular flexibility index (Phi) is 2.63. The van der Waals surface area contributed by atoms with Gasteiger partial charge in [-0.2, -0.15) is 0 Å². The van der Waals surface area contributed by atoms with E-state index in [1.807, 2.05) is 13.8 Å². The molecule has 0 aromatic carbocycles. The number of hydrogen-bond donors (Lipinski definition) is 1. The Morgan fingerprint density at radius 1 is 1.69 bits per heavy atom. The molecule has 1 N–H and O–H groups in total. The molecule has 1 heterocycles. The number of nitrogens with one attached hydrogen (secondary N) is 1. The van der Waals surface area contributed by atoms with Crippen LogP contribution in [-0.4, -0.2) is 32.5 Å². The van der Waals surface area contributed by atoms with Crippen molar-refractivity contribution in [3.05, 3.63) is 0 Å². The largest absolute Gasteiger partial charge is 0.388 e. The Hall–Kier alpha value is -0.620. The van der Waals surface area contributed by atoms with Gasteiger partial charge in [0, 0.05) is 6.42 Å². The first-order valence-electron chi connectivity index (χ1n) is 3.97. The first-order chi connectivity index (χ1) is 5.81. The van der Waals surface area contributed by atoms with Crippen molar-refractivity contribution in [2.45, 2.75) is 25.9 Å². The SMILES string of the molecule is CC1=NOC(C)(CNS(C)(=O)=O)C1. The van der Waals surface area contributed by atoms with Crippen LogP contribution in [0, 0.1) is 0 Å². The fourth-order valence-electron chi connectivity index (χ4n) is 1.17. The highest BCUT2D eigenvalue weighted by Gasteiger charge is 2.33. The third kappa shape index (κ3) is 3.31. The van der Waals surface area contributed by atoms with E-state index in [9.17, 15) is 8.42 Å². The van der Waals surface area contributed by atoms with Crippen molar-refractivity contribution in [2.24, 2.45) is 5.16 Å². The summed E-state index contributed by atoms with van der Waals surface area (Å²) in [6.45, 7) is 3.93. The first kappa shape index (κ1) is 10.5. The molecule has 1 unspecified atom stereocenters. The van der Waals surface area contributed by atoms with Crippen molar-refractivity contribution in [1.29, 1.82) is 0 Å². The fraction of sp³-hybridized carbons (Fsp3) is 0.857. The summed E-state index contributed by atoms with van der Waals surface area (Å²) in [6, 6.07) is 0. The van der Waals surface area contributed by atoms with E-state index in [1.54, 1.807) is 0 Å². The lowest BCUT2D eigenvalue weighted by Crippen LogP contribution is -2.40. The highest BCUT2D eigenvalue weighted by molar-refractivity contribution is 7.88. The predicted molar refractivity (Wildman–Crippen MR) is 50.1 cm³/mol. The van der Waals surface area contributed by atoms with Gasteiger partial charge in [-0.3, -0.25) is 0 Å². The lowest BCUT2D eigenvalue weighted by molar-refractivity contribution is 0.00149. The monoisotopic (exact) mass is 206 g/mol. The van der Waals surface area contributed by atoms with Gasteiger partial charge in [0.2, 0.25) is 10.0 Å². The van der Waals surface area contributed by atoms with Gasteiger partial charge >= 0.3 is 0 Å². The molecule has 1 aliphatic rings. The van der Waals surface area contributed by atoms with Crippen LogP contribution in [0.3, 0.4) is 0 Å². The topological polar surface area (TPSA) is 67.8 Å². The third-order valence-electron chi connectivity index (χ3n) is 1.76. The second-order valence-electron chi connectivity index (χ2n) is 3.64. The highest BCUT2D eigenvalue weighted by atomic mass is 32.2. The van der Waals surface area contributed by atoms with Gasteiger partial charge in [-0.15, -0.1) is 0 Å². The van der Waals surface area contributed by atoms with Crippen LogP contribution in [0.2, 0.25) is 0 Å². The molecule has 0 aliphatic carbocycles. The fourth-order valence-corrected chi connectivity index (χ4v) is 1.74. The van der Waals surface area contributed by atoms with E-state index in [2.05, 4.69) is 9.88 Å². The lowest BCUT2D eigenvalue weighted by atomic mass is 10.0. The summed E-state index contributed by atoms with van der Waals surface area (Å²) in [5.41, 5.74) is 0.366. The molecule has 1 rings (SSSR count). The Morgan fingerprint density at radius 3 is 2.69 bits per heavy atom. The molecule has 76 valence electrons. The van der Waals surface area contributed by atoms with Crippen LogP contribution in [0.15, 0.2) is 5.16 Å². The third-order valence-corrected chi connectivity index (χ3v) is 2.43. The highest BCUT2D eigenvalue weighted by Crippen LogP contribution is 2.22. The maximum Gasteiger partial charge on any atom is 0.208 e. The molecule has 6 heteroatoms.